The van der Waals surface area contributed by atoms with Crippen LogP contribution in [0.4, 0.5) is 0 Å². The lowest BCUT2D eigenvalue weighted by atomic mass is 10.1. The van der Waals surface area contributed by atoms with Gasteiger partial charge in [0.05, 0.1) is 0 Å². The lowest BCUT2D eigenvalue weighted by molar-refractivity contribution is 0.860. The van der Waals surface area contributed by atoms with E-state index in [0.717, 1.165) is 5.92 Å². The topological polar surface area (TPSA) is 0 Å². The van der Waals surface area contributed by atoms with E-state index < -0.39 is 0 Å². The van der Waals surface area contributed by atoms with Gasteiger partial charge in [-0.2, -0.15) is 0 Å². The SMILES string of the molecule is C/C=C1/CC1Cc1ccccc1. The summed E-state index contributed by atoms with van der Waals surface area (Å²) in [7, 11) is 0. The molecule has 0 aromatic heterocycles. The summed E-state index contributed by atoms with van der Waals surface area (Å²) in [6, 6.07) is 10.7. The average molecular weight is 158 g/mol. The Morgan fingerprint density at radius 2 is 2.08 bits per heavy atom. The van der Waals surface area contributed by atoms with E-state index in [9.17, 15) is 0 Å². The van der Waals surface area contributed by atoms with Gasteiger partial charge in [-0.3, -0.25) is 0 Å². The number of benzene rings is 1. The molecule has 0 N–H and O–H groups in total. The second-order valence-electron chi connectivity index (χ2n) is 3.45. The first-order valence-corrected chi connectivity index (χ1v) is 4.59. The zero-order chi connectivity index (χ0) is 8.39. The van der Waals surface area contributed by atoms with Gasteiger partial charge < -0.3 is 0 Å². The second kappa shape index (κ2) is 3.14. The number of rotatable bonds is 2. The van der Waals surface area contributed by atoms with E-state index in [2.05, 4.69) is 43.3 Å². The Morgan fingerprint density at radius 1 is 1.33 bits per heavy atom. The number of hydrogen-bond acceptors (Lipinski definition) is 0. The molecule has 12 heavy (non-hydrogen) atoms. The van der Waals surface area contributed by atoms with Crippen molar-refractivity contribution in [3.05, 3.63) is 47.5 Å². The van der Waals surface area contributed by atoms with Crippen molar-refractivity contribution in [2.45, 2.75) is 19.8 Å². The van der Waals surface area contributed by atoms with E-state index in [1.807, 2.05) is 0 Å². The fourth-order valence-corrected chi connectivity index (χ4v) is 1.68. The molecule has 0 amide bonds. The average Bonchev–Trinajstić information content (AvgIpc) is 2.85. The quantitative estimate of drug-likeness (QED) is 0.580. The Labute approximate surface area is 73.9 Å². The van der Waals surface area contributed by atoms with Crippen LogP contribution in [-0.2, 0) is 6.42 Å². The molecule has 62 valence electrons. The van der Waals surface area contributed by atoms with Crippen molar-refractivity contribution in [3.8, 4) is 0 Å². The molecule has 0 heterocycles. The van der Waals surface area contributed by atoms with Crippen LogP contribution in [0.15, 0.2) is 42.0 Å². The van der Waals surface area contributed by atoms with Crippen molar-refractivity contribution in [2.75, 3.05) is 0 Å². The molecule has 1 unspecified atom stereocenters. The summed E-state index contributed by atoms with van der Waals surface area (Å²) >= 11 is 0. The zero-order valence-electron chi connectivity index (χ0n) is 7.46. The summed E-state index contributed by atoms with van der Waals surface area (Å²) in [5, 5.41) is 0. The molecule has 1 atom stereocenters. The maximum Gasteiger partial charge on any atom is -0.0125 e. The molecule has 1 aliphatic carbocycles. The summed E-state index contributed by atoms with van der Waals surface area (Å²) in [4.78, 5) is 0. The van der Waals surface area contributed by atoms with Crippen LogP contribution in [-0.4, -0.2) is 0 Å². The van der Waals surface area contributed by atoms with Crippen LogP contribution < -0.4 is 0 Å². The van der Waals surface area contributed by atoms with Crippen molar-refractivity contribution >= 4 is 0 Å². The maximum absolute atomic E-state index is 2.26. The smallest absolute Gasteiger partial charge is 0.0125 e. The fraction of sp³-hybridized carbons (Fsp3) is 0.333. The van der Waals surface area contributed by atoms with Crippen LogP contribution in [0.25, 0.3) is 0 Å². The van der Waals surface area contributed by atoms with Crippen molar-refractivity contribution in [2.24, 2.45) is 5.92 Å². The van der Waals surface area contributed by atoms with Crippen LogP contribution >= 0.6 is 0 Å². The van der Waals surface area contributed by atoms with Gasteiger partial charge in [0.15, 0.2) is 0 Å². The number of allylic oxidation sites excluding steroid dienone is 2. The molecule has 0 heteroatoms. The zero-order valence-corrected chi connectivity index (χ0v) is 7.46. The van der Waals surface area contributed by atoms with Crippen molar-refractivity contribution < 1.29 is 0 Å². The van der Waals surface area contributed by atoms with Crippen LogP contribution in [0.5, 0.6) is 0 Å². The minimum absolute atomic E-state index is 0.859. The van der Waals surface area contributed by atoms with Gasteiger partial charge >= 0.3 is 0 Å². The molecular weight excluding hydrogens is 144 g/mol. The Bertz CT molecular complexity index is 282. The molecule has 0 radical (unpaired) electrons. The molecule has 0 saturated heterocycles. The molecular formula is C12H14. The van der Waals surface area contributed by atoms with Crippen LogP contribution in [0.1, 0.15) is 18.9 Å². The monoisotopic (exact) mass is 158 g/mol. The fourth-order valence-electron chi connectivity index (χ4n) is 1.68. The number of hydrogen-bond donors (Lipinski definition) is 0. The third-order valence-electron chi connectivity index (χ3n) is 2.54. The van der Waals surface area contributed by atoms with E-state index >= 15 is 0 Å². The molecule has 0 bridgehead atoms. The van der Waals surface area contributed by atoms with Crippen LogP contribution in [0, 0.1) is 5.92 Å². The Morgan fingerprint density at radius 3 is 2.67 bits per heavy atom. The Kier molecular flexibility index (Phi) is 1.99. The summed E-state index contributed by atoms with van der Waals surface area (Å²) in [6.07, 6.45) is 4.82. The highest BCUT2D eigenvalue weighted by Crippen LogP contribution is 2.39. The van der Waals surface area contributed by atoms with Crippen molar-refractivity contribution in [1.82, 2.24) is 0 Å². The Balaban J connectivity index is 1.98. The first-order chi connectivity index (χ1) is 5.90. The Hall–Kier alpha value is -1.04. The predicted molar refractivity (Wildman–Crippen MR) is 52.0 cm³/mol. The van der Waals surface area contributed by atoms with Gasteiger partial charge in [0.1, 0.15) is 0 Å². The van der Waals surface area contributed by atoms with Crippen molar-refractivity contribution in [1.29, 1.82) is 0 Å². The highest BCUT2D eigenvalue weighted by molar-refractivity contribution is 5.27. The molecule has 2 rings (SSSR count). The summed E-state index contributed by atoms with van der Waals surface area (Å²) in [6.45, 7) is 2.14. The predicted octanol–water partition coefficient (Wildman–Crippen LogP) is 3.20. The van der Waals surface area contributed by atoms with Crippen LogP contribution in [0.3, 0.4) is 0 Å². The van der Waals surface area contributed by atoms with E-state index in [-0.39, 0.29) is 0 Å². The minimum atomic E-state index is 0.859. The van der Waals surface area contributed by atoms with Crippen LogP contribution in [0.2, 0.25) is 0 Å². The van der Waals surface area contributed by atoms with E-state index in [0.29, 0.717) is 0 Å². The van der Waals surface area contributed by atoms with Gasteiger partial charge in [-0.05, 0) is 31.2 Å². The lowest BCUT2D eigenvalue weighted by Crippen LogP contribution is -1.85. The first-order valence-electron chi connectivity index (χ1n) is 4.59. The van der Waals surface area contributed by atoms with E-state index in [1.165, 1.54) is 18.4 Å². The van der Waals surface area contributed by atoms with Gasteiger partial charge in [-0.25, -0.2) is 0 Å². The summed E-state index contributed by atoms with van der Waals surface area (Å²) in [5.74, 6) is 0.859. The van der Waals surface area contributed by atoms with Gasteiger partial charge in [0, 0.05) is 0 Å². The van der Waals surface area contributed by atoms with Gasteiger partial charge in [0.2, 0.25) is 0 Å². The second-order valence-corrected chi connectivity index (χ2v) is 3.45. The van der Waals surface area contributed by atoms with Gasteiger partial charge in [-0.15, -0.1) is 0 Å². The van der Waals surface area contributed by atoms with E-state index in [4.69, 9.17) is 0 Å². The van der Waals surface area contributed by atoms with Gasteiger partial charge in [0.25, 0.3) is 0 Å². The van der Waals surface area contributed by atoms with E-state index in [1.54, 1.807) is 5.57 Å². The highest BCUT2D eigenvalue weighted by atomic mass is 14.3. The third-order valence-corrected chi connectivity index (χ3v) is 2.54. The molecule has 1 aliphatic rings. The molecule has 1 fully saturated rings. The lowest BCUT2D eigenvalue weighted by Gasteiger charge is -1.96. The minimum Gasteiger partial charge on any atom is -0.0881 e. The summed E-state index contributed by atoms with van der Waals surface area (Å²) in [5.41, 5.74) is 3.11. The maximum atomic E-state index is 2.26. The largest absolute Gasteiger partial charge is 0.0881 e. The highest BCUT2D eigenvalue weighted by Gasteiger charge is 2.27. The molecule has 0 aliphatic heterocycles. The molecule has 1 aromatic rings. The molecule has 0 nitrogen and oxygen atoms in total. The van der Waals surface area contributed by atoms with Gasteiger partial charge in [-0.1, -0.05) is 42.0 Å². The standard InChI is InChI=1S/C12H14/c1-2-11-9-12(11)8-10-6-4-3-5-7-10/h2-7,12H,8-9H2,1H3/b11-2-. The summed E-state index contributed by atoms with van der Waals surface area (Å²) < 4.78 is 0. The molecule has 1 aromatic carbocycles. The molecule has 1 saturated carbocycles. The third kappa shape index (κ3) is 1.58. The first kappa shape index (κ1) is 7.60. The normalized spacial score (nSPS) is 24.4. The molecule has 0 spiro atoms. The van der Waals surface area contributed by atoms with Crippen molar-refractivity contribution in [3.63, 3.8) is 0 Å².